The van der Waals surface area contributed by atoms with Crippen LogP contribution in [0.15, 0.2) is 101 Å². The predicted octanol–water partition coefficient (Wildman–Crippen LogP) is 6.43. The fraction of sp³-hybridized carbons (Fsp3) is 0. The molecule has 2 aromatic heterocycles. The van der Waals surface area contributed by atoms with Crippen molar-refractivity contribution in [2.24, 2.45) is 0 Å². The van der Waals surface area contributed by atoms with Crippen molar-refractivity contribution in [1.82, 2.24) is 0 Å². The van der Waals surface area contributed by atoms with Gasteiger partial charge in [-0.25, -0.2) is 9.69 Å². The van der Waals surface area contributed by atoms with Gasteiger partial charge in [0, 0.05) is 31.0 Å². The summed E-state index contributed by atoms with van der Waals surface area (Å²) < 4.78 is 14.5. The van der Waals surface area contributed by atoms with Crippen molar-refractivity contribution in [1.29, 1.82) is 0 Å². The molecule has 4 nitrogen and oxygen atoms in total. The summed E-state index contributed by atoms with van der Waals surface area (Å²) in [4.78, 5) is 15.4. The number of thiophene rings is 1. The van der Waals surface area contributed by atoms with Gasteiger partial charge in [-0.15, -0.1) is 11.3 Å². The first-order valence-electron chi connectivity index (χ1n) is 12.3. The monoisotopic (exact) mass is 493 g/mol. The Morgan fingerprint density at radius 3 is 2.43 bits per heavy atom. The molecular formula is C31H16BNO3S. The van der Waals surface area contributed by atoms with E-state index in [1.807, 2.05) is 41.3 Å². The van der Waals surface area contributed by atoms with Crippen molar-refractivity contribution in [3.63, 3.8) is 0 Å². The van der Waals surface area contributed by atoms with Gasteiger partial charge in [0.15, 0.2) is 0 Å². The predicted molar refractivity (Wildman–Crippen MR) is 152 cm³/mol. The molecule has 0 aliphatic carbocycles. The number of benzene rings is 5. The Bertz CT molecular complexity index is 2120. The molecule has 2 aliphatic rings. The first-order valence-corrected chi connectivity index (χ1v) is 13.1. The Balaban J connectivity index is 1.48. The van der Waals surface area contributed by atoms with Crippen LogP contribution in [0.3, 0.4) is 0 Å². The molecule has 0 radical (unpaired) electrons. The normalized spacial score (nSPS) is 14.1. The second-order valence-electron chi connectivity index (χ2n) is 9.62. The number of amides is 1. The largest absolute Gasteiger partial charge is 0.456 e. The van der Waals surface area contributed by atoms with E-state index in [0.29, 0.717) is 5.75 Å². The minimum absolute atomic E-state index is 0.0632. The maximum Gasteiger partial charge on any atom is 0.424 e. The molecule has 5 aromatic carbocycles. The molecule has 0 N–H and O–H groups in total. The molecule has 9 rings (SSSR count). The molecule has 6 heteroatoms. The average molecular weight is 493 g/mol. The van der Waals surface area contributed by atoms with Gasteiger partial charge in [0.05, 0.1) is 11.4 Å². The summed E-state index contributed by atoms with van der Waals surface area (Å²) >= 11 is 1.75. The minimum Gasteiger partial charge on any atom is -0.456 e. The lowest BCUT2D eigenvalue weighted by molar-refractivity contribution is 0.210. The Kier molecular flexibility index (Phi) is 3.61. The lowest BCUT2D eigenvalue weighted by Gasteiger charge is -2.37. The zero-order chi connectivity index (χ0) is 24.2. The summed E-state index contributed by atoms with van der Waals surface area (Å²) in [6.45, 7) is -0.0632. The Hall–Kier alpha value is -4.55. The van der Waals surface area contributed by atoms with Gasteiger partial charge in [-0.1, -0.05) is 78.3 Å². The fourth-order valence-corrected chi connectivity index (χ4v) is 7.63. The number of fused-ring (bicyclic) bond motifs is 7. The van der Waals surface area contributed by atoms with Crippen LogP contribution in [0.25, 0.3) is 42.8 Å². The van der Waals surface area contributed by atoms with Crippen molar-refractivity contribution < 1.29 is 13.9 Å². The summed E-state index contributed by atoms with van der Waals surface area (Å²) in [5.74, 6) is 0.615. The van der Waals surface area contributed by atoms with Crippen LogP contribution in [-0.2, 0) is 0 Å². The highest BCUT2D eigenvalue weighted by molar-refractivity contribution is 7.33. The average Bonchev–Trinajstić information content (AvgIpc) is 3.50. The lowest BCUT2D eigenvalue weighted by Crippen LogP contribution is -2.58. The molecule has 0 fully saturated rings. The molecule has 0 bridgehead atoms. The van der Waals surface area contributed by atoms with E-state index in [1.54, 1.807) is 11.3 Å². The standard InChI is InChI=1S/C31H16BNO3S/c34-31-33-28-19-9-2-4-14-25(19)37-30(28)32(21-16-15-17-7-5-12-23(36-31)26(17)29(21)33)20-10-6-13-24-27(20)18-8-1-3-11-22(18)35-24/h1-16H. The molecule has 7 aromatic rings. The third kappa shape index (κ3) is 2.41. The number of anilines is 2. The van der Waals surface area contributed by atoms with Crippen LogP contribution < -0.4 is 25.3 Å². The SMILES string of the molecule is O=C1Oc2cccc3ccc4c(c23)N1c1c(sc2ccccc12)B4c1cccc2oc3ccccc3c12. The smallest absolute Gasteiger partial charge is 0.424 e. The zero-order valence-electron chi connectivity index (χ0n) is 19.4. The fourth-order valence-electron chi connectivity index (χ4n) is 6.31. The molecule has 0 saturated carbocycles. The molecule has 0 saturated heterocycles. The van der Waals surface area contributed by atoms with Crippen LogP contribution in [0.5, 0.6) is 5.75 Å². The third-order valence-electron chi connectivity index (χ3n) is 7.75. The summed E-state index contributed by atoms with van der Waals surface area (Å²) in [5.41, 5.74) is 5.89. The van der Waals surface area contributed by atoms with E-state index in [1.165, 1.54) is 5.46 Å². The number of rotatable bonds is 1. The highest BCUT2D eigenvalue weighted by Crippen LogP contribution is 2.46. The van der Waals surface area contributed by atoms with Gasteiger partial charge in [-0.05, 0) is 35.1 Å². The highest BCUT2D eigenvalue weighted by atomic mass is 32.1. The van der Waals surface area contributed by atoms with Crippen molar-refractivity contribution in [3.05, 3.63) is 97.1 Å². The lowest BCUT2D eigenvalue weighted by atomic mass is 9.37. The van der Waals surface area contributed by atoms with Crippen molar-refractivity contribution >= 4 is 94.0 Å². The van der Waals surface area contributed by atoms with E-state index < -0.39 is 0 Å². The molecule has 1 amide bonds. The van der Waals surface area contributed by atoms with Crippen molar-refractivity contribution in [2.45, 2.75) is 0 Å². The van der Waals surface area contributed by atoms with Crippen LogP contribution in [-0.4, -0.2) is 12.8 Å². The first kappa shape index (κ1) is 19.6. The van der Waals surface area contributed by atoms with Gasteiger partial charge in [0.25, 0.3) is 6.71 Å². The second-order valence-corrected chi connectivity index (χ2v) is 10.7. The zero-order valence-corrected chi connectivity index (χ0v) is 20.2. The molecule has 0 atom stereocenters. The minimum atomic E-state index is -0.359. The van der Waals surface area contributed by atoms with Gasteiger partial charge >= 0.3 is 6.09 Å². The molecule has 0 unspecified atom stereocenters. The number of hydrogen-bond donors (Lipinski definition) is 0. The van der Waals surface area contributed by atoms with E-state index in [2.05, 4.69) is 60.7 Å². The molecule has 37 heavy (non-hydrogen) atoms. The topological polar surface area (TPSA) is 42.7 Å². The third-order valence-corrected chi connectivity index (χ3v) is 8.98. The van der Waals surface area contributed by atoms with Gasteiger partial charge in [0.1, 0.15) is 16.9 Å². The summed E-state index contributed by atoms with van der Waals surface area (Å²) in [5, 5.41) is 5.33. The second kappa shape index (κ2) is 6.81. The number of carbonyl (C=O) groups is 1. The Morgan fingerprint density at radius 2 is 1.49 bits per heavy atom. The van der Waals surface area contributed by atoms with Gasteiger partial charge < -0.3 is 9.15 Å². The summed E-state index contributed by atoms with van der Waals surface area (Å²) in [7, 11) is 0. The summed E-state index contributed by atoms with van der Waals surface area (Å²) in [6.07, 6.45) is -0.359. The molecule has 172 valence electrons. The van der Waals surface area contributed by atoms with Crippen LogP contribution in [0.1, 0.15) is 0 Å². The van der Waals surface area contributed by atoms with Gasteiger partial charge in [0.2, 0.25) is 0 Å². The van der Waals surface area contributed by atoms with Crippen molar-refractivity contribution in [3.8, 4) is 5.75 Å². The van der Waals surface area contributed by atoms with E-state index in [0.717, 1.165) is 64.4 Å². The van der Waals surface area contributed by atoms with E-state index >= 15 is 0 Å². The van der Waals surface area contributed by atoms with E-state index in [9.17, 15) is 4.79 Å². The molecule has 4 heterocycles. The number of hydrogen-bond acceptors (Lipinski definition) is 4. The number of para-hydroxylation sites is 1. The summed E-state index contributed by atoms with van der Waals surface area (Å²) in [6, 6.07) is 33.1. The number of nitrogens with zero attached hydrogens (tertiary/aromatic N) is 1. The van der Waals surface area contributed by atoms with E-state index in [-0.39, 0.29) is 12.8 Å². The van der Waals surface area contributed by atoms with Gasteiger partial charge in [-0.2, -0.15) is 0 Å². The van der Waals surface area contributed by atoms with Crippen molar-refractivity contribution in [2.75, 3.05) is 4.90 Å². The highest BCUT2D eigenvalue weighted by Gasteiger charge is 2.44. The first-order chi connectivity index (χ1) is 18.3. The number of ether oxygens (including phenoxy) is 1. The number of carbonyl (C=O) groups excluding carboxylic acids is 1. The van der Waals surface area contributed by atoms with Crippen LogP contribution in [0.4, 0.5) is 16.2 Å². The quantitative estimate of drug-likeness (QED) is 0.248. The molecular weight excluding hydrogens is 477 g/mol. The molecule has 0 spiro atoms. The maximum atomic E-state index is 13.6. The molecule has 2 aliphatic heterocycles. The van der Waals surface area contributed by atoms with Crippen LogP contribution in [0.2, 0.25) is 0 Å². The van der Waals surface area contributed by atoms with E-state index in [4.69, 9.17) is 9.15 Å². The maximum absolute atomic E-state index is 13.6. The van der Waals surface area contributed by atoms with Crippen LogP contribution >= 0.6 is 11.3 Å². The Morgan fingerprint density at radius 1 is 0.676 bits per heavy atom. The Labute approximate surface area is 215 Å². The number of furan rings is 1. The van der Waals surface area contributed by atoms with Crippen LogP contribution in [0, 0.1) is 0 Å². The van der Waals surface area contributed by atoms with Gasteiger partial charge in [-0.3, -0.25) is 0 Å².